The first kappa shape index (κ1) is 21.3. The van der Waals surface area contributed by atoms with Crippen LogP contribution in [-0.2, 0) is 4.79 Å². The van der Waals surface area contributed by atoms with E-state index in [2.05, 4.69) is 31.3 Å². The van der Waals surface area contributed by atoms with E-state index < -0.39 is 0 Å². The number of ether oxygens (including phenoxy) is 1. The lowest BCUT2D eigenvalue weighted by Crippen LogP contribution is -3.30. The number of nitrogens with one attached hydrogen (secondary N) is 3. The molecule has 2 aromatic carbocycles. The number of amides is 1. The van der Waals surface area contributed by atoms with Crippen molar-refractivity contribution in [1.29, 1.82) is 0 Å². The number of carbonyl (C=O) groups is 1. The maximum atomic E-state index is 12.7. The van der Waals surface area contributed by atoms with E-state index in [1.165, 1.54) is 10.5 Å². The van der Waals surface area contributed by atoms with Gasteiger partial charge in [-0.3, -0.25) is 4.79 Å². The predicted molar refractivity (Wildman–Crippen MR) is 117 cm³/mol. The van der Waals surface area contributed by atoms with Gasteiger partial charge in [-0.15, -0.1) is 0 Å². The fourth-order valence-electron chi connectivity index (χ4n) is 3.82. The lowest BCUT2D eigenvalue weighted by atomic mass is 10.0. The van der Waals surface area contributed by atoms with Crippen LogP contribution in [0.2, 0.25) is 0 Å². The molecule has 0 aliphatic carbocycles. The van der Waals surface area contributed by atoms with Crippen molar-refractivity contribution >= 4 is 11.6 Å². The standard InChI is InChI=1S/C24H33N3O2/c1-19(2)21-9-11-22(12-10-21)25-24(28)20(3)27-15-13-26(14-16-27)17-18-29-23-7-5-4-6-8-23/h4-12,19-20H,13-18H2,1-3H3,(H,25,28)/p+2/t20-/m0/s1. The molecule has 0 bridgehead atoms. The minimum absolute atomic E-state index is 0.0399. The predicted octanol–water partition coefficient (Wildman–Crippen LogP) is 0.999. The van der Waals surface area contributed by atoms with Gasteiger partial charge in [0.2, 0.25) is 0 Å². The van der Waals surface area contributed by atoms with Crippen LogP contribution in [-0.4, -0.2) is 51.3 Å². The number of rotatable bonds is 8. The Hall–Kier alpha value is -2.37. The molecule has 1 fully saturated rings. The van der Waals surface area contributed by atoms with Crippen LogP contribution in [0.1, 0.15) is 32.3 Å². The summed E-state index contributed by atoms with van der Waals surface area (Å²) in [5.74, 6) is 1.54. The van der Waals surface area contributed by atoms with Gasteiger partial charge in [0.15, 0.2) is 6.04 Å². The van der Waals surface area contributed by atoms with Crippen molar-refractivity contribution in [1.82, 2.24) is 0 Å². The van der Waals surface area contributed by atoms with Gasteiger partial charge in [-0.2, -0.15) is 0 Å². The van der Waals surface area contributed by atoms with E-state index in [1.54, 1.807) is 4.90 Å². The highest BCUT2D eigenvalue weighted by Crippen LogP contribution is 2.17. The number of anilines is 1. The van der Waals surface area contributed by atoms with Crippen molar-refractivity contribution in [2.45, 2.75) is 32.7 Å². The average molecular weight is 398 g/mol. The molecule has 3 rings (SSSR count). The highest BCUT2D eigenvalue weighted by Gasteiger charge is 2.30. The van der Waals surface area contributed by atoms with Crippen LogP contribution in [0.25, 0.3) is 0 Å². The van der Waals surface area contributed by atoms with Gasteiger partial charge in [0.05, 0.1) is 0 Å². The molecule has 1 amide bonds. The van der Waals surface area contributed by atoms with Gasteiger partial charge in [-0.25, -0.2) is 0 Å². The third kappa shape index (κ3) is 6.31. The summed E-state index contributed by atoms with van der Waals surface area (Å²) < 4.78 is 5.82. The summed E-state index contributed by atoms with van der Waals surface area (Å²) in [6.07, 6.45) is 0. The zero-order valence-corrected chi connectivity index (χ0v) is 17.9. The van der Waals surface area contributed by atoms with E-state index in [1.807, 2.05) is 49.4 Å². The van der Waals surface area contributed by atoms with E-state index >= 15 is 0 Å². The van der Waals surface area contributed by atoms with Crippen LogP contribution in [0.15, 0.2) is 54.6 Å². The molecule has 2 aromatic rings. The summed E-state index contributed by atoms with van der Waals surface area (Å²) in [5, 5.41) is 3.08. The quantitative estimate of drug-likeness (QED) is 0.622. The Balaban J connectivity index is 1.39. The second-order valence-electron chi connectivity index (χ2n) is 8.31. The van der Waals surface area contributed by atoms with E-state index in [4.69, 9.17) is 4.74 Å². The minimum atomic E-state index is -0.0399. The smallest absolute Gasteiger partial charge is 0.282 e. The largest absolute Gasteiger partial charge is 0.488 e. The Bertz CT molecular complexity index is 753. The SMILES string of the molecule is CC(C)c1ccc(NC(=O)[C@H](C)[NH+]2CC[NH+](CCOc3ccccc3)CC2)cc1. The van der Waals surface area contributed by atoms with Gasteiger partial charge in [-0.1, -0.05) is 44.2 Å². The summed E-state index contributed by atoms with van der Waals surface area (Å²) in [4.78, 5) is 15.6. The molecule has 5 nitrogen and oxygen atoms in total. The van der Waals surface area contributed by atoms with Crippen molar-refractivity contribution in [3.05, 3.63) is 60.2 Å². The summed E-state index contributed by atoms with van der Waals surface area (Å²) in [6, 6.07) is 18.1. The molecule has 0 aromatic heterocycles. The molecular formula is C24H35N3O2+2. The number of carbonyl (C=O) groups excluding carboxylic acids is 1. The second kappa shape index (κ2) is 10.4. The van der Waals surface area contributed by atoms with E-state index in [0.29, 0.717) is 5.92 Å². The van der Waals surface area contributed by atoms with Crippen LogP contribution < -0.4 is 19.9 Å². The number of hydrogen-bond acceptors (Lipinski definition) is 2. The Kier molecular flexibility index (Phi) is 7.67. The fourth-order valence-corrected chi connectivity index (χ4v) is 3.82. The zero-order chi connectivity index (χ0) is 20.6. The zero-order valence-electron chi connectivity index (χ0n) is 17.9. The van der Waals surface area contributed by atoms with Crippen molar-refractivity contribution in [2.75, 3.05) is 44.6 Å². The molecule has 0 radical (unpaired) electrons. The van der Waals surface area contributed by atoms with E-state index in [9.17, 15) is 4.79 Å². The first-order chi connectivity index (χ1) is 14.0. The number of piperazine rings is 1. The summed E-state index contributed by atoms with van der Waals surface area (Å²) in [7, 11) is 0. The van der Waals surface area contributed by atoms with Crippen LogP contribution in [0, 0.1) is 0 Å². The second-order valence-corrected chi connectivity index (χ2v) is 8.31. The average Bonchev–Trinajstić information content (AvgIpc) is 2.75. The van der Waals surface area contributed by atoms with Crippen LogP contribution in [0.5, 0.6) is 5.75 Å². The van der Waals surface area contributed by atoms with Gasteiger partial charge in [0, 0.05) is 5.69 Å². The fraction of sp³-hybridized carbons (Fsp3) is 0.458. The highest BCUT2D eigenvalue weighted by atomic mass is 16.5. The normalized spacial score (nSPS) is 20.3. The van der Waals surface area contributed by atoms with E-state index in [-0.39, 0.29) is 11.9 Å². The number of benzene rings is 2. The topological polar surface area (TPSA) is 47.2 Å². The first-order valence-electron chi connectivity index (χ1n) is 10.8. The van der Waals surface area contributed by atoms with Crippen molar-refractivity contribution in [3.8, 4) is 5.75 Å². The molecular weight excluding hydrogens is 362 g/mol. The highest BCUT2D eigenvalue weighted by molar-refractivity contribution is 5.93. The maximum Gasteiger partial charge on any atom is 0.282 e. The molecule has 29 heavy (non-hydrogen) atoms. The molecule has 3 N–H and O–H groups in total. The van der Waals surface area contributed by atoms with Crippen LogP contribution >= 0.6 is 0 Å². The molecule has 1 saturated heterocycles. The monoisotopic (exact) mass is 397 g/mol. The maximum absolute atomic E-state index is 12.7. The van der Waals surface area contributed by atoms with Crippen LogP contribution in [0.3, 0.4) is 0 Å². The molecule has 156 valence electrons. The molecule has 1 atom stereocenters. The van der Waals surface area contributed by atoms with Gasteiger partial charge >= 0.3 is 0 Å². The number of quaternary nitrogens is 2. The van der Waals surface area contributed by atoms with Crippen molar-refractivity contribution in [3.63, 3.8) is 0 Å². The van der Waals surface area contributed by atoms with Gasteiger partial charge in [0.25, 0.3) is 5.91 Å². The lowest BCUT2D eigenvalue weighted by molar-refractivity contribution is -1.02. The molecule has 0 spiro atoms. The molecule has 1 aliphatic rings. The minimum Gasteiger partial charge on any atom is -0.488 e. The van der Waals surface area contributed by atoms with Crippen LogP contribution in [0.4, 0.5) is 5.69 Å². The summed E-state index contributed by atoms with van der Waals surface area (Å²) >= 11 is 0. The third-order valence-corrected chi connectivity index (χ3v) is 5.92. The Morgan fingerprint density at radius 2 is 1.62 bits per heavy atom. The molecule has 0 saturated carbocycles. The molecule has 5 heteroatoms. The summed E-state index contributed by atoms with van der Waals surface area (Å²) in [6.45, 7) is 12.3. The third-order valence-electron chi connectivity index (χ3n) is 5.92. The van der Waals surface area contributed by atoms with Gasteiger partial charge in [0.1, 0.15) is 45.1 Å². The molecule has 1 heterocycles. The lowest BCUT2D eigenvalue weighted by Gasteiger charge is -2.32. The molecule has 0 unspecified atom stereocenters. The number of hydrogen-bond donors (Lipinski definition) is 3. The Morgan fingerprint density at radius 1 is 0.966 bits per heavy atom. The van der Waals surface area contributed by atoms with Gasteiger partial charge in [-0.05, 0) is 42.7 Å². The van der Waals surface area contributed by atoms with Gasteiger partial charge < -0.3 is 19.9 Å². The van der Waals surface area contributed by atoms with Crippen molar-refractivity contribution < 1.29 is 19.3 Å². The first-order valence-corrected chi connectivity index (χ1v) is 10.8. The Morgan fingerprint density at radius 3 is 2.24 bits per heavy atom. The van der Waals surface area contributed by atoms with E-state index in [0.717, 1.165) is 50.8 Å². The van der Waals surface area contributed by atoms with Crippen molar-refractivity contribution in [2.24, 2.45) is 0 Å². The molecule has 1 aliphatic heterocycles. The summed E-state index contributed by atoms with van der Waals surface area (Å²) in [5.41, 5.74) is 2.17. The Labute approximate surface area is 174 Å². The number of para-hydroxylation sites is 1.